The molecule has 1 fully saturated rings. The van der Waals surface area contributed by atoms with Gasteiger partial charge in [-0.15, -0.1) is 0 Å². The number of carbonyl (C=O) groups excluding carboxylic acids is 3. The van der Waals surface area contributed by atoms with Gasteiger partial charge in [0.2, 0.25) is 5.91 Å². The van der Waals surface area contributed by atoms with E-state index >= 15 is 0 Å². The highest BCUT2D eigenvalue weighted by Crippen LogP contribution is 2.27. The lowest BCUT2D eigenvalue weighted by atomic mass is 9.83. The maximum Gasteiger partial charge on any atom is 0.329 e. The molecule has 2 rings (SSSR count). The fraction of sp³-hybridized carbons (Fsp3) is 0.667. The normalized spacial score (nSPS) is 17.1. The van der Waals surface area contributed by atoms with Crippen LogP contribution in [0.3, 0.4) is 0 Å². The van der Waals surface area contributed by atoms with Crippen LogP contribution in [0.4, 0.5) is 0 Å². The van der Waals surface area contributed by atoms with Crippen LogP contribution >= 0.6 is 0 Å². The monoisotopic (exact) mass is 404 g/mol. The zero-order chi connectivity index (χ0) is 21.4. The third-order valence-electron chi connectivity index (χ3n) is 4.90. The van der Waals surface area contributed by atoms with Gasteiger partial charge in [-0.05, 0) is 46.0 Å². The van der Waals surface area contributed by atoms with Gasteiger partial charge in [-0.3, -0.25) is 14.6 Å². The van der Waals surface area contributed by atoms with E-state index in [9.17, 15) is 14.4 Å². The predicted octanol–water partition coefficient (Wildman–Crippen LogP) is 2.39. The van der Waals surface area contributed by atoms with Gasteiger partial charge >= 0.3 is 5.97 Å². The molecule has 0 saturated heterocycles. The third-order valence-corrected chi connectivity index (χ3v) is 4.90. The van der Waals surface area contributed by atoms with Crippen LogP contribution in [0.15, 0.2) is 18.6 Å². The van der Waals surface area contributed by atoms with Crippen LogP contribution in [-0.2, 0) is 14.3 Å². The minimum absolute atomic E-state index is 0.0144. The first-order valence-electron chi connectivity index (χ1n) is 10.3. The van der Waals surface area contributed by atoms with Crippen molar-refractivity contribution in [3.05, 3.63) is 24.3 Å². The molecule has 0 spiro atoms. The Morgan fingerprint density at radius 2 is 1.83 bits per heavy atom. The molecule has 0 bridgehead atoms. The Balaban J connectivity index is 2.13. The van der Waals surface area contributed by atoms with Crippen LogP contribution in [0, 0.1) is 5.92 Å². The largest absolute Gasteiger partial charge is 0.458 e. The molecule has 1 aromatic heterocycles. The Morgan fingerprint density at radius 1 is 1.14 bits per heavy atom. The van der Waals surface area contributed by atoms with E-state index in [4.69, 9.17) is 4.74 Å². The zero-order valence-corrected chi connectivity index (χ0v) is 17.7. The summed E-state index contributed by atoms with van der Waals surface area (Å²) >= 11 is 0. The van der Waals surface area contributed by atoms with Crippen LogP contribution in [0.5, 0.6) is 0 Å². The smallest absolute Gasteiger partial charge is 0.329 e. The minimum atomic E-state index is -0.763. The van der Waals surface area contributed by atoms with Gasteiger partial charge in [-0.25, -0.2) is 9.78 Å². The topological polar surface area (TPSA) is 110 Å². The second kappa shape index (κ2) is 10.3. The van der Waals surface area contributed by atoms with Crippen LogP contribution in [0.2, 0.25) is 0 Å². The van der Waals surface area contributed by atoms with Gasteiger partial charge in [0.05, 0.1) is 6.20 Å². The van der Waals surface area contributed by atoms with E-state index in [-0.39, 0.29) is 17.5 Å². The molecule has 2 amide bonds. The lowest BCUT2D eigenvalue weighted by molar-refractivity contribution is -0.159. The summed E-state index contributed by atoms with van der Waals surface area (Å²) in [6.07, 6.45) is 9.52. The lowest BCUT2D eigenvalue weighted by Crippen LogP contribution is -2.55. The number of aromatic nitrogens is 2. The average molecular weight is 405 g/mol. The van der Waals surface area contributed by atoms with Crippen molar-refractivity contribution in [2.45, 2.75) is 83.9 Å². The minimum Gasteiger partial charge on any atom is -0.458 e. The molecule has 1 aliphatic rings. The van der Waals surface area contributed by atoms with Gasteiger partial charge in [0.15, 0.2) is 0 Å². The summed E-state index contributed by atoms with van der Waals surface area (Å²) in [5.41, 5.74) is -0.488. The molecule has 1 saturated carbocycles. The summed E-state index contributed by atoms with van der Waals surface area (Å²) in [7, 11) is 0. The van der Waals surface area contributed by atoms with Gasteiger partial charge in [-0.1, -0.05) is 26.2 Å². The van der Waals surface area contributed by atoms with Gasteiger partial charge in [0.1, 0.15) is 23.4 Å². The molecule has 1 aromatic rings. The number of esters is 1. The van der Waals surface area contributed by atoms with Gasteiger partial charge in [0, 0.05) is 12.4 Å². The molecule has 8 nitrogen and oxygen atoms in total. The molecule has 29 heavy (non-hydrogen) atoms. The van der Waals surface area contributed by atoms with E-state index in [1.807, 2.05) is 6.92 Å². The van der Waals surface area contributed by atoms with Gasteiger partial charge in [0.25, 0.3) is 5.91 Å². The van der Waals surface area contributed by atoms with Crippen molar-refractivity contribution >= 4 is 17.8 Å². The number of rotatable bonds is 7. The van der Waals surface area contributed by atoms with E-state index in [0.717, 1.165) is 32.1 Å². The SMILES string of the molecule is CCC(NC(=O)[C@@H](NC(=O)c1cnccn1)C1CCCCC1)C(=O)OC(C)(C)C. The average Bonchev–Trinajstić information content (AvgIpc) is 2.69. The summed E-state index contributed by atoms with van der Waals surface area (Å²) in [5, 5.41) is 5.59. The van der Waals surface area contributed by atoms with Gasteiger partial charge < -0.3 is 15.4 Å². The number of amides is 2. The highest BCUT2D eigenvalue weighted by atomic mass is 16.6. The summed E-state index contributed by atoms with van der Waals surface area (Å²) in [5.74, 6) is -1.28. The number of ether oxygens (including phenoxy) is 1. The molecule has 0 aliphatic heterocycles. The first-order chi connectivity index (χ1) is 13.7. The molecule has 1 heterocycles. The Hall–Kier alpha value is -2.51. The number of nitrogens with one attached hydrogen (secondary N) is 2. The van der Waals surface area contributed by atoms with Crippen molar-refractivity contribution < 1.29 is 19.1 Å². The first kappa shape index (κ1) is 22.8. The van der Waals surface area contributed by atoms with Crippen molar-refractivity contribution in [1.82, 2.24) is 20.6 Å². The Kier molecular flexibility index (Phi) is 8.10. The quantitative estimate of drug-likeness (QED) is 0.675. The van der Waals surface area contributed by atoms with E-state index in [1.165, 1.54) is 18.6 Å². The highest BCUT2D eigenvalue weighted by molar-refractivity contribution is 5.96. The van der Waals surface area contributed by atoms with E-state index in [1.54, 1.807) is 20.8 Å². The van der Waals surface area contributed by atoms with Crippen LogP contribution < -0.4 is 10.6 Å². The second-order valence-corrected chi connectivity index (χ2v) is 8.44. The molecular weight excluding hydrogens is 372 g/mol. The molecule has 2 atom stereocenters. The fourth-order valence-electron chi connectivity index (χ4n) is 3.46. The molecule has 2 N–H and O–H groups in total. The number of hydrogen-bond donors (Lipinski definition) is 2. The van der Waals surface area contributed by atoms with Crippen molar-refractivity contribution in [2.75, 3.05) is 0 Å². The summed E-state index contributed by atoms with van der Waals surface area (Å²) in [4.78, 5) is 46.0. The maximum atomic E-state index is 13.1. The Labute approximate surface area is 172 Å². The standard InChI is InChI=1S/C21H32N4O4/c1-5-15(20(28)29-21(2,3)4)24-19(27)17(14-9-7-6-8-10-14)25-18(26)16-13-22-11-12-23-16/h11-15,17H,5-10H2,1-4H3,(H,24,27)(H,25,26)/t15?,17-/m0/s1. The van der Waals surface area contributed by atoms with Crippen molar-refractivity contribution in [1.29, 1.82) is 0 Å². The molecule has 1 unspecified atom stereocenters. The highest BCUT2D eigenvalue weighted by Gasteiger charge is 2.34. The number of carbonyl (C=O) groups is 3. The first-order valence-corrected chi connectivity index (χ1v) is 10.3. The molecule has 0 radical (unpaired) electrons. The van der Waals surface area contributed by atoms with Crippen molar-refractivity contribution in [3.63, 3.8) is 0 Å². The molecule has 1 aliphatic carbocycles. The van der Waals surface area contributed by atoms with Gasteiger partial charge in [-0.2, -0.15) is 0 Å². The van der Waals surface area contributed by atoms with Crippen molar-refractivity contribution in [3.8, 4) is 0 Å². The lowest BCUT2D eigenvalue weighted by Gasteiger charge is -2.31. The van der Waals surface area contributed by atoms with E-state index in [2.05, 4.69) is 20.6 Å². The molecule has 0 aromatic carbocycles. The van der Waals surface area contributed by atoms with E-state index < -0.39 is 29.6 Å². The van der Waals surface area contributed by atoms with Crippen molar-refractivity contribution in [2.24, 2.45) is 5.92 Å². The van der Waals surface area contributed by atoms with Crippen LogP contribution in [0.25, 0.3) is 0 Å². The Bertz CT molecular complexity index is 696. The third kappa shape index (κ3) is 7.11. The summed E-state index contributed by atoms with van der Waals surface area (Å²) in [6, 6.07) is -1.50. The predicted molar refractivity (Wildman–Crippen MR) is 108 cm³/mol. The molecular formula is C21H32N4O4. The Morgan fingerprint density at radius 3 is 2.38 bits per heavy atom. The fourth-order valence-corrected chi connectivity index (χ4v) is 3.46. The summed E-state index contributed by atoms with van der Waals surface area (Å²) in [6.45, 7) is 7.16. The maximum absolute atomic E-state index is 13.1. The zero-order valence-electron chi connectivity index (χ0n) is 17.7. The van der Waals surface area contributed by atoms with E-state index in [0.29, 0.717) is 6.42 Å². The second-order valence-electron chi connectivity index (χ2n) is 8.44. The molecule has 160 valence electrons. The number of hydrogen-bond acceptors (Lipinski definition) is 6. The molecule has 8 heteroatoms. The number of nitrogens with zero attached hydrogens (tertiary/aromatic N) is 2. The van der Waals surface area contributed by atoms with Crippen LogP contribution in [0.1, 0.15) is 76.7 Å². The van der Waals surface area contributed by atoms with Crippen LogP contribution in [-0.4, -0.2) is 45.4 Å². The summed E-state index contributed by atoms with van der Waals surface area (Å²) < 4.78 is 5.41.